The van der Waals surface area contributed by atoms with E-state index in [0.717, 1.165) is 33.3 Å². The van der Waals surface area contributed by atoms with Gasteiger partial charge in [0.2, 0.25) is 0 Å². The van der Waals surface area contributed by atoms with Crippen LogP contribution in [0.25, 0.3) is 10.8 Å². The highest BCUT2D eigenvalue weighted by atomic mass is 35.5. The fraction of sp³-hybridized carbons (Fsp3) is 0.267. The molecule has 0 spiro atoms. The molecule has 5 heteroatoms. The van der Waals surface area contributed by atoms with Crippen molar-refractivity contribution in [2.24, 2.45) is 0 Å². The number of benzene rings is 3. The van der Waals surface area contributed by atoms with Crippen LogP contribution in [0.1, 0.15) is 56.6 Å². The molecule has 3 aromatic carbocycles. The van der Waals surface area contributed by atoms with Gasteiger partial charge in [0.15, 0.2) is 5.78 Å². The lowest BCUT2D eigenvalue weighted by Gasteiger charge is -2.37. The molecular weight excluding hydrogens is 458 g/mol. The summed E-state index contributed by atoms with van der Waals surface area (Å²) in [4.78, 5) is 27.2. The zero-order valence-electron chi connectivity index (χ0n) is 20.1. The monoisotopic (exact) mass is 485 g/mol. The molecule has 0 bridgehead atoms. The number of carbonyl (C=O) groups excluding carboxylic acids is 2. The zero-order valence-corrected chi connectivity index (χ0v) is 20.9. The second-order valence-corrected chi connectivity index (χ2v) is 10.0. The largest absolute Gasteiger partial charge is 0.460 e. The predicted octanol–water partition coefficient (Wildman–Crippen LogP) is 6.81. The van der Waals surface area contributed by atoms with Crippen LogP contribution in [0.5, 0.6) is 0 Å². The summed E-state index contributed by atoms with van der Waals surface area (Å²) in [5.74, 6) is -0.764. The molecule has 1 aliphatic heterocycles. The Morgan fingerprint density at radius 1 is 1.00 bits per heavy atom. The number of halogens is 1. The fourth-order valence-corrected chi connectivity index (χ4v) is 5.50. The number of ether oxygens (including phenoxy) is 1. The van der Waals surface area contributed by atoms with Crippen LogP contribution in [-0.2, 0) is 14.3 Å². The summed E-state index contributed by atoms with van der Waals surface area (Å²) in [6.07, 6.45) is 0.811. The van der Waals surface area contributed by atoms with E-state index in [0.29, 0.717) is 29.0 Å². The molecule has 0 saturated carbocycles. The lowest BCUT2D eigenvalue weighted by molar-refractivity contribution is -0.143. The van der Waals surface area contributed by atoms with Crippen molar-refractivity contribution < 1.29 is 14.3 Å². The van der Waals surface area contributed by atoms with Crippen molar-refractivity contribution in [1.29, 1.82) is 0 Å². The topological polar surface area (TPSA) is 55.4 Å². The van der Waals surface area contributed by atoms with Crippen molar-refractivity contribution in [3.8, 4) is 0 Å². The van der Waals surface area contributed by atoms with Crippen molar-refractivity contribution in [3.05, 3.63) is 105 Å². The third-order valence-electron chi connectivity index (χ3n) is 6.87. The molecule has 0 aromatic heterocycles. The van der Waals surface area contributed by atoms with Crippen LogP contribution in [0, 0.1) is 0 Å². The Morgan fingerprint density at radius 3 is 2.46 bits per heavy atom. The Bertz CT molecular complexity index is 1380. The molecule has 1 N–H and O–H groups in total. The van der Waals surface area contributed by atoms with E-state index in [4.69, 9.17) is 16.3 Å². The summed E-state index contributed by atoms with van der Waals surface area (Å²) in [6, 6.07) is 21.9. The zero-order chi connectivity index (χ0) is 24.7. The standard InChI is InChI=1S/C30H28ClNO3/c1-17(2)35-30(34)27-18(3)32-25-15-21(19-11-13-22(31)14-12-19)16-26(33)29(25)28(27)24-10-6-8-20-7-4-5-9-23(20)24/h4-14,17,21,28,32H,15-16H2,1-3H3/t21-,28-/m0/s1. The Labute approximate surface area is 210 Å². The Hall–Kier alpha value is -3.37. The molecule has 0 unspecified atom stereocenters. The molecule has 3 aromatic rings. The summed E-state index contributed by atoms with van der Waals surface area (Å²) in [6.45, 7) is 5.57. The first-order chi connectivity index (χ1) is 16.8. The van der Waals surface area contributed by atoms with Gasteiger partial charge in [0.05, 0.1) is 11.7 Å². The van der Waals surface area contributed by atoms with Crippen LogP contribution in [0.2, 0.25) is 5.02 Å². The summed E-state index contributed by atoms with van der Waals surface area (Å²) in [5.41, 5.74) is 4.84. The fourth-order valence-electron chi connectivity index (χ4n) is 5.37. The van der Waals surface area contributed by atoms with E-state index in [2.05, 4.69) is 23.5 Å². The molecule has 178 valence electrons. The molecule has 5 rings (SSSR count). The van der Waals surface area contributed by atoms with Crippen LogP contribution < -0.4 is 5.32 Å². The number of fused-ring (bicyclic) bond motifs is 1. The van der Waals surface area contributed by atoms with E-state index in [1.54, 1.807) is 0 Å². The first-order valence-corrected chi connectivity index (χ1v) is 12.4. The second kappa shape index (κ2) is 9.35. The Balaban J connectivity index is 1.66. The van der Waals surface area contributed by atoms with E-state index >= 15 is 0 Å². The molecule has 4 nitrogen and oxygen atoms in total. The number of hydrogen-bond acceptors (Lipinski definition) is 4. The van der Waals surface area contributed by atoms with Crippen LogP contribution in [0.4, 0.5) is 0 Å². The maximum Gasteiger partial charge on any atom is 0.337 e. The maximum absolute atomic E-state index is 13.8. The summed E-state index contributed by atoms with van der Waals surface area (Å²) >= 11 is 6.09. The predicted molar refractivity (Wildman–Crippen MR) is 139 cm³/mol. The molecule has 2 atom stereocenters. The van der Waals surface area contributed by atoms with Crippen LogP contribution >= 0.6 is 11.6 Å². The lowest BCUT2D eigenvalue weighted by Crippen LogP contribution is -2.36. The van der Waals surface area contributed by atoms with Gasteiger partial charge in [-0.05, 0) is 67.1 Å². The van der Waals surface area contributed by atoms with Gasteiger partial charge in [0.1, 0.15) is 0 Å². The molecular formula is C30H28ClNO3. The minimum absolute atomic E-state index is 0.0520. The quantitative estimate of drug-likeness (QED) is 0.412. The van der Waals surface area contributed by atoms with Gasteiger partial charge in [0, 0.05) is 34.3 Å². The smallest absolute Gasteiger partial charge is 0.337 e. The highest BCUT2D eigenvalue weighted by Gasteiger charge is 2.42. The highest BCUT2D eigenvalue weighted by Crippen LogP contribution is 2.47. The molecule has 1 aliphatic carbocycles. The average molecular weight is 486 g/mol. The molecule has 1 heterocycles. The van der Waals surface area contributed by atoms with E-state index in [1.165, 1.54) is 0 Å². The summed E-state index contributed by atoms with van der Waals surface area (Å²) in [7, 11) is 0. The van der Waals surface area contributed by atoms with E-state index in [9.17, 15) is 9.59 Å². The van der Waals surface area contributed by atoms with Crippen molar-refractivity contribution >= 4 is 34.1 Å². The van der Waals surface area contributed by atoms with E-state index in [1.807, 2.05) is 69.3 Å². The van der Waals surface area contributed by atoms with Crippen molar-refractivity contribution in [1.82, 2.24) is 5.32 Å². The first-order valence-electron chi connectivity index (χ1n) is 12.0. The summed E-state index contributed by atoms with van der Waals surface area (Å²) < 4.78 is 5.66. The number of esters is 1. The van der Waals surface area contributed by atoms with Crippen molar-refractivity contribution in [3.63, 3.8) is 0 Å². The van der Waals surface area contributed by atoms with Gasteiger partial charge in [-0.1, -0.05) is 66.2 Å². The van der Waals surface area contributed by atoms with Gasteiger partial charge in [-0.15, -0.1) is 0 Å². The number of hydrogen-bond donors (Lipinski definition) is 1. The van der Waals surface area contributed by atoms with Gasteiger partial charge in [-0.2, -0.15) is 0 Å². The number of rotatable bonds is 4. The van der Waals surface area contributed by atoms with Gasteiger partial charge in [0.25, 0.3) is 0 Å². The Kier molecular flexibility index (Phi) is 6.24. The Morgan fingerprint density at radius 2 is 1.71 bits per heavy atom. The minimum atomic E-state index is -0.484. The summed E-state index contributed by atoms with van der Waals surface area (Å²) in [5, 5.41) is 6.20. The number of nitrogens with one attached hydrogen (secondary N) is 1. The van der Waals surface area contributed by atoms with Gasteiger partial charge >= 0.3 is 5.97 Å². The number of ketones is 1. The van der Waals surface area contributed by atoms with Crippen LogP contribution in [0.3, 0.4) is 0 Å². The number of carbonyl (C=O) groups is 2. The molecule has 0 fully saturated rings. The maximum atomic E-state index is 13.8. The average Bonchev–Trinajstić information content (AvgIpc) is 2.82. The number of Topliss-reactive ketones (excluding diaryl/α,β-unsaturated/α-hetero) is 1. The minimum Gasteiger partial charge on any atom is -0.460 e. The van der Waals surface area contributed by atoms with E-state index in [-0.39, 0.29) is 23.8 Å². The molecule has 0 radical (unpaired) electrons. The molecule has 0 saturated heterocycles. The first kappa shape index (κ1) is 23.4. The SMILES string of the molecule is CC1=C(C(=O)OC(C)C)[C@H](c2cccc3ccccc23)C2=C(C[C@H](c3ccc(Cl)cc3)CC2=O)N1. The second-order valence-electron chi connectivity index (χ2n) is 9.59. The third-order valence-corrected chi connectivity index (χ3v) is 7.12. The van der Waals surface area contributed by atoms with E-state index < -0.39 is 5.92 Å². The van der Waals surface area contributed by atoms with Gasteiger partial charge in [-0.25, -0.2) is 4.79 Å². The van der Waals surface area contributed by atoms with Crippen LogP contribution in [-0.4, -0.2) is 17.9 Å². The molecule has 35 heavy (non-hydrogen) atoms. The van der Waals surface area contributed by atoms with Crippen molar-refractivity contribution in [2.45, 2.75) is 51.6 Å². The third kappa shape index (κ3) is 4.39. The highest BCUT2D eigenvalue weighted by molar-refractivity contribution is 6.30. The number of allylic oxidation sites excluding steroid dienone is 3. The number of dihydropyridines is 1. The normalized spacial score (nSPS) is 20.2. The molecule has 0 amide bonds. The van der Waals surface area contributed by atoms with Gasteiger partial charge < -0.3 is 10.1 Å². The molecule has 2 aliphatic rings. The van der Waals surface area contributed by atoms with Gasteiger partial charge in [-0.3, -0.25) is 4.79 Å². The van der Waals surface area contributed by atoms with Crippen molar-refractivity contribution in [2.75, 3.05) is 0 Å². The lowest BCUT2D eigenvalue weighted by atomic mass is 9.71. The van der Waals surface area contributed by atoms with Crippen LogP contribution in [0.15, 0.2) is 89.3 Å².